The number of aryl methyl sites for hydroxylation is 1. The lowest BCUT2D eigenvalue weighted by Gasteiger charge is -2.10. The lowest BCUT2D eigenvalue weighted by Crippen LogP contribution is -2.23. The molecule has 0 aliphatic heterocycles. The summed E-state index contributed by atoms with van der Waals surface area (Å²) in [4.78, 5) is 7.53. The number of halogens is 3. The fraction of sp³-hybridized carbons (Fsp3) is 0.211. The van der Waals surface area contributed by atoms with Gasteiger partial charge in [0.15, 0.2) is 5.96 Å². The Morgan fingerprint density at radius 3 is 2.63 bits per heavy atom. The average molecular weight is 376 g/mol. The summed E-state index contributed by atoms with van der Waals surface area (Å²) in [5.41, 5.74) is 9.81. The van der Waals surface area contributed by atoms with E-state index in [-0.39, 0.29) is 11.7 Å². The zero-order chi connectivity index (χ0) is 19.4. The van der Waals surface area contributed by atoms with Crippen molar-refractivity contribution in [3.8, 4) is 5.75 Å². The number of ether oxygens (including phenoxy) is 1. The number of aliphatic imine (C=N–C) groups is 1. The van der Waals surface area contributed by atoms with Crippen molar-refractivity contribution in [2.75, 3.05) is 11.9 Å². The Balaban J connectivity index is 1.57. The van der Waals surface area contributed by atoms with E-state index in [4.69, 9.17) is 5.73 Å². The number of alkyl halides is 3. The van der Waals surface area contributed by atoms with Gasteiger partial charge >= 0.3 is 6.36 Å². The van der Waals surface area contributed by atoms with Crippen LogP contribution in [0.5, 0.6) is 5.75 Å². The van der Waals surface area contributed by atoms with Gasteiger partial charge in [0.25, 0.3) is 0 Å². The van der Waals surface area contributed by atoms with Crippen LogP contribution in [-0.4, -0.2) is 23.9 Å². The minimum atomic E-state index is -4.71. The molecule has 0 atom stereocenters. The van der Waals surface area contributed by atoms with Crippen molar-refractivity contribution < 1.29 is 17.9 Å². The molecular weight excluding hydrogens is 357 g/mol. The summed E-state index contributed by atoms with van der Waals surface area (Å²) in [6.07, 6.45) is -2.03. The van der Waals surface area contributed by atoms with Crippen molar-refractivity contribution in [2.24, 2.45) is 10.7 Å². The van der Waals surface area contributed by atoms with Gasteiger partial charge < -0.3 is 20.8 Å². The van der Waals surface area contributed by atoms with E-state index in [9.17, 15) is 13.2 Å². The van der Waals surface area contributed by atoms with Gasteiger partial charge in [-0.2, -0.15) is 0 Å². The van der Waals surface area contributed by atoms with Crippen molar-refractivity contribution in [3.63, 3.8) is 0 Å². The molecule has 4 N–H and O–H groups in total. The van der Waals surface area contributed by atoms with E-state index in [2.05, 4.69) is 26.1 Å². The molecule has 27 heavy (non-hydrogen) atoms. The highest BCUT2D eigenvalue weighted by Crippen LogP contribution is 2.24. The molecular formula is C19H19F3N4O. The number of aromatic amines is 1. The van der Waals surface area contributed by atoms with Crippen molar-refractivity contribution in [1.82, 2.24) is 4.98 Å². The molecule has 0 spiro atoms. The zero-order valence-electron chi connectivity index (χ0n) is 14.6. The van der Waals surface area contributed by atoms with Crippen LogP contribution in [0.1, 0.15) is 11.1 Å². The molecule has 0 aliphatic rings. The molecule has 0 radical (unpaired) electrons. The molecule has 3 aromatic rings. The van der Waals surface area contributed by atoms with E-state index in [1.54, 1.807) is 0 Å². The van der Waals surface area contributed by atoms with Crippen LogP contribution >= 0.6 is 0 Å². The lowest BCUT2D eigenvalue weighted by molar-refractivity contribution is -0.274. The Morgan fingerprint density at radius 1 is 1.19 bits per heavy atom. The maximum atomic E-state index is 12.1. The molecule has 0 saturated heterocycles. The van der Waals surface area contributed by atoms with Crippen LogP contribution in [0, 0.1) is 6.92 Å². The smallest absolute Gasteiger partial charge is 0.406 e. The van der Waals surface area contributed by atoms with E-state index < -0.39 is 6.36 Å². The van der Waals surface area contributed by atoms with Gasteiger partial charge in [0.05, 0.1) is 0 Å². The summed E-state index contributed by atoms with van der Waals surface area (Å²) in [7, 11) is 0. The number of hydrogen-bond donors (Lipinski definition) is 3. The Morgan fingerprint density at radius 2 is 1.93 bits per heavy atom. The summed E-state index contributed by atoms with van der Waals surface area (Å²) in [5.74, 6) is -0.103. The molecule has 0 saturated carbocycles. The van der Waals surface area contributed by atoms with E-state index in [0.717, 1.165) is 16.5 Å². The predicted molar refractivity (Wildman–Crippen MR) is 100.0 cm³/mol. The summed E-state index contributed by atoms with van der Waals surface area (Å²) >= 11 is 0. The summed E-state index contributed by atoms with van der Waals surface area (Å²) in [5, 5.41) is 4.01. The molecule has 0 bridgehead atoms. The number of nitrogens with zero attached hydrogens (tertiary/aromatic N) is 1. The second kappa shape index (κ2) is 7.61. The number of aromatic nitrogens is 1. The first-order chi connectivity index (χ1) is 12.8. The number of para-hydroxylation sites is 1. The molecule has 0 aliphatic carbocycles. The van der Waals surface area contributed by atoms with Crippen LogP contribution in [0.3, 0.4) is 0 Å². The molecule has 3 rings (SSSR count). The zero-order valence-corrected chi connectivity index (χ0v) is 14.6. The van der Waals surface area contributed by atoms with Crippen LogP contribution in [0.2, 0.25) is 0 Å². The number of rotatable bonds is 5. The van der Waals surface area contributed by atoms with Gasteiger partial charge in [0.2, 0.25) is 0 Å². The first-order valence-corrected chi connectivity index (χ1v) is 8.30. The standard InChI is InChI=1S/C19H19F3N4O/c1-12-3-2-4-16-13(11-25-17(12)16)9-10-24-18(23)26-14-5-7-15(8-6-14)27-19(20,21)22/h2-8,11,25H,9-10H2,1H3,(H3,23,24,26). The topological polar surface area (TPSA) is 75.4 Å². The number of H-pyrrole nitrogens is 1. The highest BCUT2D eigenvalue weighted by molar-refractivity contribution is 5.92. The molecule has 8 heteroatoms. The van der Waals surface area contributed by atoms with Gasteiger partial charge in [-0.15, -0.1) is 13.2 Å². The fourth-order valence-corrected chi connectivity index (χ4v) is 2.79. The molecule has 2 aromatic carbocycles. The van der Waals surface area contributed by atoms with Crippen molar-refractivity contribution >= 4 is 22.5 Å². The maximum absolute atomic E-state index is 12.1. The minimum Gasteiger partial charge on any atom is -0.406 e. The van der Waals surface area contributed by atoms with Crippen LogP contribution in [0.25, 0.3) is 10.9 Å². The number of benzene rings is 2. The molecule has 0 fully saturated rings. The van der Waals surface area contributed by atoms with E-state index in [0.29, 0.717) is 18.7 Å². The molecule has 1 aromatic heterocycles. The second-order valence-corrected chi connectivity index (χ2v) is 6.03. The van der Waals surface area contributed by atoms with E-state index in [1.165, 1.54) is 29.8 Å². The Kier molecular flexibility index (Phi) is 5.25. The normalized spacial score (nSPS) is 12.4. The Bertz CT molecular complexity index is 946. The van der Waals surface area contributed by atoms with E-state index in [1.807, 2.05) is 25.3 Å². The van der Waals surface area contributed by atoms with Crippen molar-refractivity contribution in [1.29, 1.82) is 0 Å². The molecule has 1 heterocycles. The number of guanidine groups is 1. The summed E-state index contributed by atoms with van der Waals surface area (Å²) in [6.45, 7) is 2.53. The Labute approximate surface area is 154 Å². The number of anilines is 1. The molecule has 0 amide bonds. The maximum Gasteiger partial charge on any atom is 0.573 e. The van der Waals surface area contributed by atoms with Crippen LogP contribution in [-0.2, 0) is 6.42 Å². The third kappa shape index (κ3) is 4.93. The molecule has 0 unspecified atom stereocenters. The van der Waals surface area contributed by atoms with Crippen LogP contribution < -0.4 is 15.8 Å². The van der Waals surface area contributed by atoms with Gasteiger partial charge in [-0.05, 0) is 48.7 Å². The van der Waals surface area contributed by atoms with Gasteiger partial charge in [-0.1, -0.05) is 18.2 Å². The monoisotopic (exact) mass is 376 g/mol. The van der Waals surface area contributed by atoms with Gasteiger partial charge in [0, 0.05) is 29.3 Å². The quantitative estimate of drug-likeness (QED) is 0.458. The summed E-state index contributed by atoms with van der Waals surface area (Å²) in [6, 6.07) is 11.4. The van der Waals surface area contributed by atoms with Crippen LogP contribution in [0.4, 0.5) is 18.9 Å². The number of nitrogens with two attached hydrogens (primary N) is 1. The van der Waals surface area contributed by atoms with Gasteiger partial charge in [0.1, 0.15) is 5.75 Å². The van der Waals surface area contributed by atoms with Gasteiger partial charge in [-0.3, -0.25) is 4.99 Å². The van der Waals surface area contributed by atoms with E-state index >= 15 is 0 Å². The molecule has 142 valence electrons. The lowest BCUT2D eigenvalue weighted by atomic mass is 10.1. The van der Waals surface area contributed by atoms with Crippen LogP contribution in [0.15, 0.2) is 53.7 Å². The van der Waals surface area contributed by atoms with Crippen molar-refractivity contribution in [3.05, 3.63) is 59.8 Å². The SMILES string of the molecule is Cc1cccc2c(CCN=C(N)Nc3ccc(OC(F)(F)F)cc3)c[nH]c12. The first kappa shape index (κ1) is 18.6. The Hall–Kier alpha value is -3.16. The third-order valence-corrected chi connectivity index (χ3v) is 4.03. The number of hydrogen-bond acceptors (Lipinski definition) is 2. The van der Waals surface area contributed by atoms with Crippen molar-refractivity contribution in [2.45, 2.75) is 19.7 Å². The number of fused-ring (bicyclic) bond motifs is 1. The minimum absolute atomic E-state index is 0.190. The highest BCUT2D eigenvalue weighted by Gasteiger charge is 2.30. The first-order valence-electron chi connectivity index (χ1n) is 8.30. The van der Waals surface area contributed by atoms with Gasteiger partial charge in [-0.25, -0.2) is 0 Å². The summed E-state index contributed by atoms with van der Waals surface area (Å²) < 4.78 is 40.3. The average Bonchev–Trinajstić information content (AvgIpc) is 3.00. The largest absolute Gasteiger partial charge is 0.573 e. The molecule has 5 nitrogen and oxygen atoms in total. The predicted octanol–water partition coefficient (Wildman–Crippen LogP) is 4.34. The second-order valence-electron chi connectivity index (χ2n) is 6.03. The number of nitrogens with one attached hydrogen (secondary N) is 2. The third-order valence-electron chi connectivity index (χ3n) is 4.03. The fourth-order valence-electron chi connectivity index (χ4n) is 2.79. The highest BCUT2D eigenvalue weighted by atomic mass is 19.4.